The van der Waals surface area contributed by atoms with Crippen molar-refractivity contribution in [3.05, 3.63) is 35.4 Å². The molecule has 0 saturated heterocycles. The standard InChI is InChI=1S/C10H6N6S/c17-10-13-12-9-8-6-3-1-2-4-7(6)14-15(8)5-11-16(9)10/h1-5H,(H,13,17). The van der Waals surface area contributed by atoms with E-state index in [-0.39, 0.29) is 0 Å². The van der Waals surface area contributed by atoms with Crippen LogP contribution in [0.2, 0.25) is 0 Å². The Morgan fingerprint density at radius 2 is 2.12 bits per heavy atom. The van der Waals surface area contributed by atoms with Crippen LogP contribution in [0.5, 0.6) is 0 Å². The second-order valence-electron chi connectivity index (χ2n) is 3.71. The first kappa shape index (κ1) is 8.82. The number of hydrogen-bond acceptors (Lipinski definition) is 4. The predicted octanol–water partition coefficient (Wildman–Crippen LogP) is 1.59. The molecule has 1 N–H and O–H groups in total. The van der Waals surface area contributed by atoms with Crippen LogP contribution in [-0.2, 0) is 0 Å². The van der Waals surface area contributed by atoms with Gasteiger partial charge in [-0.3, -0.25) is 0 Å². The molecule has 17 heavy (non-hydrogen) atoms. The molecule has 7 heteroatoms. The zero-order valence-electron chi connectivity index (χ0n) is 8.53. The molecule has 82 valence electrons. The molecular weight excluding hydrogens is 236 g/mol. The van der Waals surface area contributed by atoms with Crippen molar-refractivity contribution < 1.29 is 0 Å². The number of aromatic amines is 1. The van der Waals surface area contributed by atoms with Gasteiger partial charge in [0.25, 0.3) is 0 Å². The number of nitrogens with one attached hydrogen (secondary N) is 1. The first-order valence-corrected chi connectivity index (χ1v) is 5.45. The van der Waals surface area contributed by atoms with Crippen molar-refractivity contribution in [3.8, 4) is 0 Å². The molecule has 0 spiro atoms. The van der Waals surface area contributed by atoms with E-state index in [0.717, 1.165) is 16.4 Å². The Morgan fingerprint density at radius 3 is 3.06 bits per heavy atom. The topological polar surface area (TPSA) is 63.3 Å². The summed E-state index contributed by atoms with van der Waals surface area (Å²) < 4.78 is 3.79. The molecule has 4 rings (SSSR count). The van der Waals surface area contributed by atoms with Crippen LogP contribution in [0.25, 0.3) is 22.1 Å². The van der Waals surface area contributed by atoms with Gasteiger partial charge in [-0.05, 0) is 18.3 Å². The van der Waals surface area contributed by atoms with Crippen molar-refractivity contribution in [3.63, 3.8) is 0 Å². The summed E-state index contributed by atoms with van der Waals surface area (Å²) in [6.07, 6.45) is 1.63. The quantitative estimate of drug-likeness (QED) is 0.476. The molecule has 0 unspecified atom stereocenters. The zero-order valence-corrected chi connectivity index (χ0v) is 9.35. The van der Waals surface area contributed by atoms with E-state index in [1.165, 1.54) is 0 Å². The lowest BCUT2D eigenvalue weighted by molar-refractivity contribution is 0.828. The third-order valence-electron chi connectivity index (χ3n) is 2.74. The van der Waals surface area contributed by atoms with Crippen LogP contribution in [0.1, 0.15) is 0 Å². The van der Waals surface area contributed by atoms with Gasteiger partial charge in [-0.25, -0.2) is 9.61 Å². The highest BCUT2D eigenvalue weighted by Gasteiger charge is 2.10. The average Bonchev–Trinajstić information content (AvgIpc) is 2.90. The van der Waals surface area contributed by atoms with E-state index in [0.29, 0.717) is 10.4 Å². The van der Waals surface area contributed by atoms with Crippen LogP contribution in [0.4, 0.5) is 0 Å². The monoisotopic (exact) mass is 242 g/mol. The first-order valence-electron chi connectivity index (χ1n) is 5.04. The van der Waals surface area contributed by atoms with E-state index in [4.69, 9.17) is 12.2 Å². The maximum absolute atomic E-state index is 5.10. The van der Waals surface area contributed by atoms with E-state index >= 15 is 0 Å². The summed E-state index contributed by atoms with van der Waals surface area (Å²) in [5.74, 6) is 0. The first-order chi connectivity index (χ1) is 8.34. The van der Waals surface area contributed by atoms with Crippen molar-refractivity contribution >= 4 is 34.3 Å². The zero-order chi connectivity index (χ0) is 11.4. The van der Waals surface area contributed by atoms with E-state index in [2.05, 4.69) is 20.4 Å². The summed E-state index contributed by atoms with van der Waals surface area (Å²) in [5, 5.41) is 16.6. The Hall–Kier alpha value is -2.28. The number of hydrogen-bond donors (Lipinski definition) is 1. The Balaban J connectivity index is 2.42. The van der Waals surface area contributed by atoms with Gasteiger partial charge in [-0.1, -0.05) is 18.2 Å². The van der Waals surface area contributed by atoms with Crippen LogP contribution in [-0.4, -0.2) is 29.4 Å². The van der Waals surface area contributed by atoms with Crippen LogP contribution in [0, 0.1) is 4.77 Å². The van der Waals surface area contributed by atoms with Crippen molar-refractivity contribution in [2.24, 2.45) is 0 Å². The fourth-order valence-corrected chi connectivity index (χ4v) is 2.19. The van der Waals surface area contributed by atoms with E-state index < -0.39 is 0 Å². The van der Waals surface area contributed by atoms with Gasteiger partial charge in [-0.2, -0.15) is 19.8 Å². The summed E-state index contributed by atoms with van der Waals surface area (Å²) in [7, 11) is 0. The highest BCUT2D eigenvalue weighted by Crippen LogP contribution is 2.21. The van der Waals surface area contributed by atoms with Gasteiger partial charge in [0.05, 0.1) is 5.52 Å². The minimum atomic E-state index is 0.479. The smallest absolute Gasteiger partial charge is 0.216 e. The Kier molecular flexibility index (Phi) is 1.50. The Morgan fingerprint density at radius 1 is 1.24 bits per heavy atom. The van der Waals surface area contributed by atoms with Crippen LogP contribution >= 0.6 is 12.2 Å². The van der Waals surface area contributed by atoms with E-state index in [1.807, 2.05) is 24.3 Å². The second-order valence-corrected chi connectivity index (χ2v) is 4.09. The summed E-state index contributed by atoms with van der Waals surface area (Å²) in [4.78, 5) is 0. The number of H-pyrrole nitrogens is 1. The molecule has 0 atom stereocenters. The molecule has 0 amide bonds. The Labute approximate surface area is 99.5 Å². The number of fused-ring (bicyclic) bond motifs is 5. The molecular formula is C10H6N6S. The van der Waals surface area contributed by atoms with Crippen molar-refractivity contribution in [1.82, 2.24) is 29.4 Å². The third kappa shape index (κ3) is 1.03. The molecule has 4 aromatic rings. The molecule has 0 aliphatic heterocycles. The number of benzene rings is 1. The second kappa shape index (κ2) is 2.89. The van der Waals surface area contributed by atoms with Crippen molar-refractivity contribution in [2.45, 2.75) is 0 Å². The van der Waals surface area contributed by atoms with Crippen molar-refractivity contribution in [2.75, 3.05) is 0 Å². The molecule has 0 bridgehead atoms. The van der Waals surface area contributed by atoms with Gasteiger partial charge >= 0.3 is 0 Å². The highest BCUT2D eigenvalue weighted by atomic mass is 32.1. The summed E-state index contributed by atoms with van der Waals surface area (Å²) in [6.45, 7) is 0. The minimum Gasteiger partial charge on any atom is -0.250 e. The SMILES string of the molecule is S=c1[nH]nc2c3c4ccccc4nn3cnn12. The number of nitrogens with zero attached hydrogens (tertiary/aromatic N) is 5. The number of rotatable bonds is 0. The van der Waals surface area contributed by atoms with Gasteiger partial charge in [0.15, 0.2) is 0 Å². The molecule has 6 nitrogen and oxygen atoms in total. The van der Waals surface area contributed by atoms with Crippen LogP contribution in [0.3, 0.4) is 0 Å². The number of aromatic nitrogens is 6. The lowest BCUT2D eigenvalue weighted by Crippen LogP contribution is -1.97. The van der Waals surface area contributed by atoms with Crippen LogP contribution in [0.15, 0.2) is 30.6 Å². The van der Waals surface area contributed by atoms with E-state index in [1.54, 1.807) is 15.4 Å². The fourth-order valence-electron chi connectivity index (χ4n) is 2.01. The molecule has 3 heterocycles. The fraction of sp³-hybridized carbons (Fsp3) is 0. The molecule has 0 fully saturated rings. The molecule has 1 aromatic carbocycles. The van der Waals surface area contributed by atoms with Gasteiger partial charge in [0, 0.05) is 5.39 Å². The molecule has 0 saturated carbocycles. The summed E-state index contributed by atoms with van der Waals surface area (Å²) >= 11 is 5.10. The summed E-state index contributed by atoms with van der Waals surface area (Å²) in [5.41, 5.74) is 2.51. The molecule has 0 radical (unpaired) electrons. The normalized spacial score (nSPS) is 11.8. The Bertz CT molecular complexity index is 915. The van der Waals surface area contributed by atoms with Crippen molar-refractivity contribution in [1.29, 1.82) is 0 Å². The summed E-state index contributed by atoms with van der Waals surface area (Å²) in [6, 6.07) is 7.90. The lowest BCUT2D eigenvalue weighted by atomic mass is 10.2. The van der Waals surface area contributed by atoms with Gasteiger partial charge in [0.2, 0.25) is 10.4 Å². The van der Waals surface area contributed by atoms with Gasteiger partial charge in [-0.15, -0.1) is 0 Å². The predicted molar refractivity (Wildman–Crippen MR) is 64.4 cm³/mol. The average molecular weight is 242 g/mol. The lowest BCUT2D eigenvalue weighted by Gasteiger charge is -1.94. The molecule has 0 aliphatic carbocycles. The molecule has 3 aromatic heterocycles. The maximum atomic E-state index is 5.10. The van der Waals surface area contributed by atoms with Gasteiger partial charge < -0.3 is 0 Å². The minimum absolute atomic E-state index is 0.479. The molecule has 0 aliphatic rings. The van der Waals surface area contributed by atoms with Gasteiger partial charge in [0.1, 0.15) is 11.8 Å². The third-order valence-corrected chi connectivity index (χ3v) is 3.01. The maximum Gasteiger partial charge on any atom is 0.216 e. The van der Waals surface area contributed by atoms with Crippen LogP contribution < -0.4 is 0 Å². The largest absolute Gasteiger partial charge is 0.250 e. The van der Waals surface area contributed by atoms with E-state index in [9.17, 15) is 0 Å². The highest BCUT2D eigenvalue weighted by molar-refractivity contribution is 7.71.